The number of hydrogen-bond acceptors (Lipinski definition) is 5. The number of aryl methyl sites for hydroxylation is 1. The second-order valence-electron chi connectivity index (χ2n) is 7.06. The zero-order valence-corrected chi connectivity index (χ0v) is 17.1. The van der Waals surface area contributed by atoms with E-state index in [0.717, 1.165) is 11.1 Å². The number of nitrogens with zero attached hydrogens (tertiary/aromatic N) is 3. The lowest BCUT2D eigenvalue weighted by atomic mass is 10.1. The molecule has 4 aromatic rings. The van der Waals surface area contributed by atoms with Gasteiger partial charge in [0.25, 0.3) is 5.91 Å². The van der Waals surface area contributed by atoms with Crippen molar-refractivity contribution in [3.05, 3.63) is 94.7 Å². The second-order valence-corrected chi connectivity index (χ2v) is 7.06. The minimum Gasteiger partial charge on any atom is -0.479 e. The fourth-order valence-electron chi connectivity index (χ4n) is 2.99. The number of halogens is 4. The van der Waals surface area contributed by atoms with Gasteiger partial charge in [0.2, 0.25) is 17.6 Å². The van der Waals surface area contributed by atoms with Gasteiger partial charge in [0.05, 0.1) is 6.54 Å². The van der Waals surface area contributed by atoms with Crippen LogP contribution in [0.3, 0.4) is 0 Å². The zero-order chi connectivity index (χ0) is 23.5. The molecule has 2 aromatic carbocycles. The Hall–Kier alpha value is -4.15. The summed E-state index contributed by atoms with van der Waals surface area (Å²) in [6, 6.07) is 10.5. The van der Waals surface area contributed by atoms with Crippen LogP contribution in [0.5, 0.6) is 5.75 Å². The van der Waals surface area contributed by atoms with Crippen LogP contribution in [0.25, 0.3) is 0 Å². The monoisotopic (exact) mass is 460 g/mol. The molecule has 0 atom stereocenters. The van der Waals surface area contributed by atoms with Crippen molar-refractivity contribution < 1.29 is 31.5 Å². The minimum atomic E-state index is -1.68. The molecule has 0 radical (unpaired) electrons. The first-order valence-electron chi connectivity index (χ1n) is 9.61. The maximum absolute atomic E-state index is 13.7. The van der Waals surface area contributed by atoms with Gasteiger partial charge in [-0.05, 0) is 24.6 Å². The van der Waals surface area contributed by atoms with Gasteiger partial charge in [0.1, 0.15) is 18.7 Å². The van der Waals surface area contributed by atoms with Crippen molar-refractivity contribution in [3.8, 4) is 5.75 Å². The van der Waals surface area contributed by atoms with E-state index in [9.17, 15) is 22.4 Å². The van der Waals surface area contributed by atoms with Gasteiger partial charge in [-0.2, -0.15) is 8.78 Å². The molecular weight excluding hydrogens is 444 g/mol. The normalized spacial score (nSPS) is 10.9. The maximum Gasteiger partial charge on any atom is 0.293 e. The number of rotatable bonds is 7. The second kappa shape index (κ2) is 9.15. The Kier molecular flexibility index (Phi) is 6.11. The van der Waals surface area contributed by atoms with Crippen LogP contribution >= 0.6 is 0 Å². The smallest absolute Gasteiger partial charge is 0.293 e. The van der Waals surface area contributed by atoms with Gasteiger partial charge in [0.15, 0.2) is 23.1 Å². The van der Waals surface area contributed by atoms with Crippen LogP contribution in [0.2, 0.25) is 0 Å². The van der Waals surface area contributed by atoms with Gasteiger partial charge in [-0.25, -0.2) is 18.4 Å². The van der Waals surface area contributed by atoms with Crippen LogP contribution < -0.4 is 10.1 Å². The van der Waals surface area contributed by atoms with Crippen molar-refractivity contribution in [1.29, 1.82) is 0 Å². The fourth-order valence-corrected chi connectivity index (χ4v) is 2.99. The fraction of sp³-hybridized carbons (Fsp3) is 0.136. The molecule has 170 valence electrons. The summed E-state index contributed by atoms with van der Waals surface area (Å²) < 4.78 is 65.5. The summed E-state index contributed by atoms with van der Waals surface area (Å²) in [7, 11) is 0. The summed E-state index contributed by atoms with van der Waals surface area (Å²) in [5.74, 6) is -8.58. The first kappa shape index (κ1) is 22.1. The van der Waals surface area contributed by atoms with E-state index in [1.165, 1.54) is 18.5 Å². The van der Waals surface area contributed by atoms with E-state index in [1.807, 2.05) is 31.2 Å². The molecule has 0 aliphatic rings. The van der Waals surface area contributed by atoms with Crippen LogP contribution in [0.4, 0.5) is 23.5 Å². The highest BCUT2D eigenvalue weighted by atomic mass is 19.2. The largest absolute Gasteiger partial charge is 0.479 e. The summed E-state index contributed by atoms with van der Waals surface area (Å²) in [4.78, 5) is 16.4. The number of carbonyl (C=O) groups is 1. The molecule has 0 unspecified atom stereocenters. The molecule has 0 saturated carbocycles. The van der Waals surface area contributed by atoms with Gasteiger partial charge in [-0.3, -0.25) is 10.1 Å². The highest BCUT2D eigenvalue weighted by Gasteiger charge is 2.21. The Bertz CT molecular complexity index is 1290. The van der Waals surface area contributed by atoms with E-state index in [0.29, 0.717) is 6.54 Å². The van der Waals surface area contributed by atoms with Gasteiger partial charge < -0.3 is 9.15 Å². The van der Waals surface area contributed by atoms with Crippen LogP contribution in [0, 0.1) is 30.2 Å². The first-order valence-corrected chi connectivity index (χ1v) is 9.61. The Morgan fingerprint density at radius 2 is 1.85 bits per heavy atom. The number of nitrogens with one attached hydrogen (secondary N) is 1. The Morgan fingerprint density at radius 1 is 1.09 bits per heavy atom. The maximum atomic E-state index is 13.7. The van der Waals surface area contributed by atoms with Crippen LogP contribution in [-0.2, 0) is 13.2 Å². The average molecular weight is 460 g/mol. The molecule has 0 aliphatic carbocycles. The third-order valence-electron chi connectivity index (χ3n) is 4.50. The van der Waals surface area contributed by atoms with Gasteiger partial charge in [-0.15, -0.1) is 5.10 Å². The lowest BCUT2D eigenvalue weighted by molar-refractivity contribution is 0.0991. The molecule has 0 bridgehead atoms. The molecular formula is C22H16F4N4O3. The van der Waals surface area contributed by atoms with Crippen LogP contribution in [0.1, 0.15) is 27.4 Å². The van der Waals surface area contributed by atoms with Crippen molar-refractivity contribution in [2.24, 2.45) is 0 Å². The summed E-state index contributed by atoms with van der Waals surface area (Å²) in [6.45, 7) is 1.86. The summed E-state index contributed by atoms with van der Waals surface area (Å²) in [5, 5.41) is 6.63. The highest BCUT2D eigenvalue weighted by molar-refractivity contribution is 6.01. The molecule has 2 heterocycles. The van der Waals surface area contributed by atoms with E-state index in [2.05, 4.69) is 15.4 Å². The van der Waals surface area contributed by atoms with Crippen LogP contribution in [0.15, 0.2) is 53.2 Å². The van der Waals surface area contributed by atoms with Gasteiger partial charge in [0, 0.05) is 6.07 Å². The third-order valence-corrected chi connectivity index (χ3v) is 4.50. The lowest BCUT2D eigenvalue weighted by Crippen LogP contribution is -2.12. The molecule has 0 aliphatic heterocycles. The Morgan fingerprint density at radius 3 is 2.58 bits per heavy atom. The zero-order valence-electron chi connectivity index (χ0n) is 17.1. The number of amides is 1. The van der Waals surface area contributed by atoms with Crippen molar-refractivity contribution in [2.45, 2.75) is 20.1 Å². The van der Waals surface area contributed by atoms with Crippen LogP contribution in [-0.4, -0.2) is 20.7 Å². The van der Waals surface area contributed by atoms with E-state index in [-0.39, 0.29) is 23.5 Å². The molecule has 0 fully saturated rings. The average Bonchev–Trinajstić information content (AvgIpc) is 3.42. The molecule has 1 amide bonds. The van der Waals surface area contributed by atoms with Crippen molar-refractivity contribution in [2.75, 3.05) is 5.32 Å². The van der Waals surface area contributed by atoms with E-state index >= 15 is 0 Å². The number of aromatic nitrogens is 3. The number of benzene rings is 2. The number of anilines is 1. The van der Waals surface area contributed by atoms with E-state index in [1.54, 1.807) is 4.68 Å². The molecule has 4 rings (SSSR count). The standard InChI is InChI=1S/C22H16F4N4O3/c1-12-3-2-4-13(7-12)9-30-11-27-22(29-30)28-21(31)17-6-5-14(33-17)10-32-20-18(25)15(23)8-16(24)19(20)26/h2-8,11H,9-10H2,1H3,(H,28,29,31). The predicted octanol–water partition coefficient (Wildman–Crippen LogP) is 4.62. The molecule has 1 N–H and O–H groups in total. The van der Waals surface area contributed by atoms with E-state index < -0.39 is 41.5 Å². The van der Waals surface area contributed by atoms with Crippen molar-refractivity contribution >= 4 is 11.9 Å². The first-order chi connectivity index (χ1) is 15.8. The highest BCUT2D eigenvalue weighted by Crippen LogP contribution is 2.27. The molecule has 33 heavy (non-hydrogen) atoms. The number of carbonyl (C=O) groups excluding carboxylic acids is 1. The summed E-state index contributed by atoms with van der Waals surface area (Å²) >= 11 is 0. The minimum absolute atomic E-state index is 0.0124. The van der Waals surface area contributed by atoms with Gasteiger partial charge >= 0.3 is 0 Å². The van der Waals surface area contributed by atoms with E-state index in [4.69, 9.17) is 9.15 Å². The summed E-state index contributed by atoms with van der Waals surface area (Å²) in [5.41, 5.74) is 2.12. The molecule has 7 nitrogen and oxygen atoms in total. The molecule has 2 aromatic heterocycles. The molecule has 0 saturated heterocycles. The quantitative estimate of drug-likeness (QED) is 0.322. The SMILES string of the molecule is Cc1cccc(Cn2cnc(NC(=O)c3ccc(COc4c(F)c(F)cc(F)c4F)o3)n2)c1. The summed E-state index contributed by atoms with van der Waals surface area (Å²) in [6.07, 6.45) is 1.46. The number of furan rings is 1. The predicted molar refractivity (Wildman–Crippen MR) is 108 cm³/mol. The lowest BCUT2D eigenvalue weighted by Gasteiger charge is -2.08. The Balaban J connectivity index is 1.37. The topological polar surface area (TPSA) is 82.2 Å². The number of ether oxygens (including phenoxy) is 1. The van der Waals surface area contributed by atoms with Crippen molar-refractivity contribution in [1.82, 2.24) is 14.8 Å². The van der Waals surface area contributed by atoms with Gasteiger partial charge in [-0.1, -0.05) is 29.8 Å². The molecule has 11 heteroatoms. The number of hydrogen-bond donors (Lipinski definition) is 1. The van der Waals surface area contributed by atoms with Crippen molar-refractivity contribution in [3.63, 3.8) is 0 Å². The molecule has 0 spiro atoms. The third kappa shape index (κ3) is 5.03. The Labute approximate surface area is 184 Å².